The Morgan fingerprint density at radius 2 is 2.00 bits per heavy atom. The normalized spacial score (nSPS) is 12.2. The topological polar surface area (TPSA) is 66.4 Å². The van der Waals surface area contributed by atoms with Gasteiger partial charge in [-0.3, -0.25) is 9.59 Å². The Kier molecular flexibility index (Phi) is 6.20. The number of hydrogen-bond acceptors (Lipinski definition) is 2. The molecule has 1 aromatic carbocycles. The minimum absolute atomic E-state index is 0.146. The molecule has 1 aromatic rings. The lowest BCUT2D eigenvalue weighted by Gasteiger charge is -2.16. The van der Waals surface area contributed by atoms with Crippen LogP contribution in [0.4, 0.5) is 0 Å². The Morgan fingerprint density at radius 3 is 2.55 bits per heavy atom. The third-order valence-corrected chi connectivity index (χ3v) is 3.67. The third-order valence-electron chi connectivity index (χ3n) is 2.98. The summed E-state index contributed by atoms with van der Waals surface area (Å²) in [6.07, 6.45) is 0.546. The van der Waals surface area contributed by atoms with E-state index < -0.39 is 11.9 Å². The van der Waals surface area contributed by atoms with Gasteiger partial charge < -0.3 is 10.4 Å². The molecule has 5 heteroatoms. The van der Waals surface area contributed by atoms with Crippen LogP contribution in [-0.4, -0.2) is 23.5 Å². The van der Waals surface area contributed by atoms with Crippen LogP contribution in [-0.2, 0) is 4.79 Å². The molecule has 1 unspecified atom stereocenters. The van der Waals surface area contributed by atoms with Gasteiger partial charge in [0.1, 0.15) is 0 Å². The summed E-state index contributed by atoms with van der Waals surface area (Å²) < 4.78 is 0.705. The number of carboxylic acid groups (broad SMARTS) is 1. The fourth-order valence-corrected chi connectivity index (χ4v) is 2.39. The van der Waals surface area contributed by atoms with E-state index in [4.69, 9.17) is 5.11 Å². The number of halogens is 1. The molecule has 1 rings (SSSR count). The molecule has 1 amide bonds. The van der Waals surface area contributed by atoms with Crippen LogP contribution in [0.2, 0.25) is 0 Å². The molecule has 4 nitrogen and oxygen atoms in total. The van der Waals surface area contributed by atoms with Gasteiger partial charge in [-0.2, -0.15) is 0 Å². The van der Waals surface area contributed by atoms with Crippen LogP contribution in [0.25, 0.3) is 0 Å². The van der Waals surface area contributed by atoms with Crippen molar-refractivity contribution in [3.63, 3.8) is 0 Å². The molecule has 20 heavy (non-hydrogen) atoms. The first-order valence-electron chi connectivity index (χ1n) is 6.58. The van der Waals surface area contributed by atoms with E-state index in [0.717, 1.165) is 5.56 Å². The summed E-state index contributed by atoms with van der Waals surface area (Å²) in [7, 11) is 0. The number of carboxylic acids is 1. The number of nitrogens with one attached hydrogen (secondary N) is 1. The maximum absolute atomic E-state index is 12.1. The molecule has 2 N–H and O–H groups in total. The maximum atomic E-state index is 12.1. The highest BCUT2D eigenvalue weighted by Crippen LogP contribution is 2.18. The Morgan fingerprint density at radius 1 is 1.35 bits per heavy atom. The quantitative estimate of drug-likeness (QED) is 0.834. The zero-order valence-corrected chi connectivity index (χ0v) is 13.5. The van der Waals surface area contributed by atoms with Crippen molar-refractivity contribution in [2.75, 3.05) is 6.54 Å². The van der Waals surface area contributed by atoms with Crippen molar-refractivity contribution in [1.29, 1.82) is 0 Å². The standard InChI is InChI=1S/C15H20BrNO3/c1-9(2)6-11(15(19)20)8-17-14(18)12-7-10(3)4-5-13(12)16/h4-5,7,9,11H,6,8H2,1-3H3,(H,17,18)(H,19,20). The van der Waals surface area contributed by atoms with Gasteiger partial charge in [0.25, 0.3) is 5.91 Å². The van der Waals surface area contributed by atoms with E-state index in [9.17, 15) is 9.59 Å². The summed E-state index contributed by atoms with van der Waals surface area (Å²) in [6.45, 7) is 5.98. The van der Waals surface area contributed by atoms with Gasteiger partial charge in [-0.25, -0.2) is 0 Å². The van der Waals surface area contributed by atoms with E-state index in [0.29, 0.717) is 16.5 Å². The minimum atomic E-state index is -0.873. The van der Waals surface area contributed by atoms with E-state index in [1.165, 1.54) is 0 Å². The zero-order valence-electron chi connectivity index (χ0n) is 11.9. The minimum Gasteiger partial charge on any atom is -0.481 e. The van der Waals surface area contributed by atoms with Crippen LogP contribution < -0.4 is 5.32 Å². The predicted octanol–water partition coefficient (Wildman–Crippen LogP) is 3.23. The molecule has 0 bridgehead atoms. The molecule has 0 saturated heterocycles. The SMILES string of the molecule is Cc1ccc(Br)c(C(=O)NCC(CC(C)C)C(=O)O)c1. The summed E-state index contributed by atoms with van der Waals surface area (Å²) in [5, 5.41) is 11.8. The summed E-state index contributed by atoms with van der Waals surface area (Å²) in [4.78, 5) is 23.2. The predicted molar refractivity (Wildman–Crippen MR) is 81.8 cm³/mol. The molecule has 1 atom stereocenters. The highest BCUT2D eigenvalue weighted by molar-refractivity contribution is 9.10. The number of hydrogen-bond donors (Lipinski definition) is 2. The second-order valence-electron chi connectivity index (χ2n) is 5.36. The molecular weight excluding hydrogens is 322 g/mol. The van der Waals surface area contributed by atoms with Crippen molar-refractivity contribution in [1.82, 2.24) is 5.32 Å². The van der Waals surface area contributed by atoms with Gasteiger partial charge in [0.15, 0.2) is 0 Å². The van der Waals surface area contributed by atoms with Crippen molar-refractivity contribution >= 4 is 27.8 Å². The molecule has 0 spiro atoms. The van der Waals surface area contributed by atoms with E-state index in [1.54, 1.807) is 6.07 Å². The Balaban J connectivity index is 2.70. The van der Waals surface area contributed by atoms with Crippen LogP contribution in [0.15, 0.2) is 22.7 Å². The number of amides is 1. The lowest BCUT2D eigenvalue weighted by atomic mass is 9.97. The highest BCUT2D eigenvalue weighted by atomic mass is 79.9. The fraction of sp³-hybridized carbons (Fsp3) is 0.467. The molecule has 0 saturated carbocycles. The van der Waals surface area contributed by atoms with Crippen LogP contribution in [0, 0.1) is 18.8 Å². The van der Waals surface area contributed by atoms with Crippen molar-refractivity contribution in [3.05, 3.63) is 33.8 Å². The molecule has 0 aliphatic rings. The highest BCUT2D eigenvalue weighted by Gasteiger charge is 2.20. The Hall–Kier alpha value is -1.36. The van der Waals surface area contributed by atoms with Gasteiger partial charge in [0, 0.05) is 11.0 Å². The average molecular weight is 342 g/mol. The van der Waals surface area contributed by atoms with Crippen molar-refractivity contribution < 1.29 is 14.7 Å². The van der Waals surface area contributed by atoms with Gasteiger partial charge in [0.2, 0.25) is 0 Å². The number of aliphatic carboxylic acids is 1. The largest absolute Gasteiger partial charge is 0.481 e. The number of benzene rings is 1. The second kappa shape index (κ2) is 7.43. The molecule has 110 valence electrons. The number of aryl methyl sites for hydroxylation is 1. The van der Waals surface area contributed by atoms with E-state index >= 15 is 0 Å². The van der Waals surface area contributed by atoms with Gasteiger partial charge in [-0.1, -0.05) is 25.5 Å². The molecule has 0 heterocycles. The van der Waals surface area contributed by atoms with Crippen molar-refractivity contribution in [3.8, 4) is 0 Å². The van der Waals surface area contributed by atoms with E-state index in [-0.39, 0.29) is 18.4 Å². The first-order valence-corrected chi connectivity index (χ1v) is 7.37. The second-order valence-corrected chi connectivity index (χ2v) is 6.21. The smallest absolute Gasteiger partial charge is 0.308 e. The summed E-state index contributed by atoms with van der Waals surface area (Å²) in [5.74, 6) is -1.40. The zero-order chi connectivity index (χ0) is 15.3. The number of carbonyl (C=O) groups excluding carboxylic acids is 1. The number of rotatable bonds is 6. The van der Waals surface area contributed by atoms with Gasteiger partial charge >= 0.3 is 5.97 Å². The van der Waals surface area contributed by atoms with Crippen LogP contribution >= 0.6 is 15.9 Å². The lowest BCUT2D eigenvalue weighted by Crippen LogP contribution is -2.33. The van der Waals surface area contributed by atoms with Crippen LogP contribution in [0.5, 0.6) is 0 Å². The maximum Gasteiger partial charge on any atom is 0.308 e. The fourth-order valence-electron chi connectivity index (χ4n) is 1.96. The van der Waals surface area contributed by atoms with Gasteiger partial charge in [-0.15, -0.1) is 0 Å². The summed E-state index contributed by atoms with van der Waals surface area (Å²) >= 11 is 3.33. The van der Waals surface area contributed by atoms with Gasteiger partial charge in [0.05, 0.1) is 11.5 Å². The monoisotopic (exact) mass is 341 g/mol. The van der Waals surface area contributed by atoms with Crippen molar-refractivity contribution in [2.24, 2.45) is 11.8 Å². The number of carbonyl (C=O) groups is 2. The average Bonchev–Trinajstić information content (AvgIpc) is 2.36. The molecule has 0 aliphatic heterocycles. The third kappa shape index (κ3) is 4.96. The van der Waals surface area contributed by atoms with Crippen LogP contribution in [0.1, 0.15) is 36.2 Å². The summed E-state index contributed by atoms with van der Waals surface area (Å²) in [6, 6.07) is 5.49. The van der Waals surface area contributed by atoms with Crippen molar-refractivity contribution in [2.45, 2.75) is 27.2 Å². The first kappa shape index (κ1) is 16.7. The van der Waals surface area contributed by atoms with E-state index in [1.807, 2.05) is 32.9 Å². The lowest BCUT2D eigenvalue weighted by molar-refractivity contribution is -0.142. The molecule has 0 aliphatic carbocycles. The molecule has 0 aromatic heterocycles. The Labute approximate surface area is 127 Å². The summed E-state index contributed by atoms with van der Waals surface area (Å²) in [5.41, 5.74) is 1.51. The van der Waals surface area contributed by atoms with E-state index in [2.05, 4.69) is 21.2 Å². The van der Waals surface area contributed by atoms with Crippen LogP contribution in [0.3, 0.4) is 0 Å². The van der Waals surface area contributed by atoms with Gasteiger partial charge in [-0.05, 0) is 47.3 Å². The molecule has 0 fully saturated rings. The molecule has 0 radical (unpaired) electrons. The molecular formula is C15H20BrNO3. The Bertz CT molecular complexity index is 500. The first-order chi connectivity index (χ1) is 9.31.